The van der Waals surface area contributed by atoms with Crippen molar-refractivity contribution >= 4 is 5.97 Å². The van der Waals surface area contributed by atoms with Crippen LogP contribution in [0.2, 0.25) is 0 Å². The van der Waals surface area contributed by atoms with Gasteiger partial charge in [-0.25, -0.2) is 4.39 Å². The molecule has 0 radical (unpaired) electrons. The molecule has 0 bridgehead atoms. The van der Waals surface area contributed by atoms with Gasteiger partial charge in [-0.1, -0.05) is 13.0 Å². The zero-order valence-electron chi connectivity index (χ0n) is 11.4. The zero-order chi connectivity index (χ0) is 14.4. The first kappa shape index (κ1) is 15.4. The number of hydrogen-bond donors (Lipinski definition) is 2. The van der Waals surface area contributed by atoms with Gasteiger partial charge in [-0.15, -0.1) is 0 Å². The lowest BCUT2D eigenvalue weighted by atomic mass is 9.92. The van der Waals surface area contributed by atoms with Gasteiger partial charge in [-0.2, -0.15) is 0 Å². The highest BCUT2D eigenvalue weighted by Crippen LogP contribution is 2.28. The van der Waals surface area contributed by atoms with E-state index in [-0.39, 0.29) is 24.1 Å². The molecule has 106 valence electrons. The van der Waals surface area contributed by atoms with Crippen molar-refractivity contribution in [2.75, 3.05) is 13.7 Å². The van der Waals surface area contributed by atoms with Crippen molar-refractivity contribution in [1.82, 2.24) is 5.32 Å². The largest absolute Gasteiger partial charge is 0.491 e. The first-order valence-corrected chi connectivity index (χ1v) is 6.30. The van der Waals surface area contributed by atoms with Crippen molar-refractivity contribution in [2.24, 2.45) is 5.92 Å². The fourth-order valence-electron chi connectivity index (χ4n) is 2.16. The molecule has 19 heavy (non-hydrogen) atoms. The number of benzene rings is 1. The molecular formula is C14H20FNO3. The second-order valence-corrected chi connectivity index (χ2v) is 4.46. The molecule has 0 heterocycles. The van der Waals surface area contributed by atoms with Crippen LogP contribution in [-0.2, 0) is 4.79 Å². The molecular weight excluding hydrogens is 249 g/mol. The van der Waals surface area contributed by atoms with Crippen molar-refractivity contribution in [3.63, 3.8) is 0 Å². The van der Waals surface area contributed by atoms with Crippen LogP contribution in [0.4, 0.5) is 4.39 Å². The molecule has 0 aliphatic rings. The maximum absolute atomic E-state index is 13.8. The third-order valence-electron chi connectivity index (χ3n) is 2.99. The van der Waals surface area contributed by atoms with E-state index in [1.165, 1.54) is 6.07 Å². The average Bonchev–Trinajstić information content (AvgIpc) is 2.32. The predicted octanol–water partition coefficient (Wildman–Crippen LogP) is 2.60. The quantitative estimate of drug-likeness (QED) is 0.799. The maximum Gasteiger partial charge on any atom is 0.303 e. The van der Waals surface area contributed by atoms with Crippen molar-refractivity contribution in [1.29, 1.82) is 0 Å². The van der Waals surface area contributed by atoms with Gasteiger partial charge in [0.25, 0.3) is 0 Å². The van der Waals surface area contributed by atoms with E-state index in [0.717, 1.165) is 5.56 Å². The zero-order valence-corrected chi connectivity index (χ0v) is 11.4. The van der Waals surface area contributed by atoms with E-state index >= 15 is 0 Å². The second kappa shape index (κ2) is 7.09. The molecule has 0 amide bonds. The van der Waals surface area contributed by atoms with Crippen LogP contribution >= 0.6 is 0 Å². The first-order valence-electron chi connectivity index (χ1n) is 6.30. The Balaban J connectivity index is 2.92. The van der Waals surface area contributed by atoms with Crippen LogP contribution in [0.15, 0.2) is 18.2 Å². The van der Waals surface area contributed by atoms with Crippen molar-refractivity contribution < 1.29 is 19.0 Å². The Hall–Kier alpha value is -1.62. The number of ether oxygens (including phenoxy) is 1. The second-order valence-electron chi connectivity index (χ2n) is 4.46. The number of carboxylic acids is 1. The molecule has 1 rings (SSSR count). The molecule has 0 aliphatic heterocycles. The standard InChI is InChI=1S/C14H20FNO3/c1-4-19-12-6-5-10(8-11(12)15)14(16-3)9(2)7-13(17)18/h5-6,8-9,14,16H,4,7H2,1-3H3,(H,17,18). The molecule has 0 aliphatic carbocycles. The van der Waals surface area contributed by atoms with E-state index in [1.807, 2.05) is 6.92 Å². The molecule has 2 N–H and O–H groups in total. The van der Waals surface area contributed by atoms with Gasteiger partial charge in [0.1, 0.15) is 0 Å². The topological polar surface area (TPSA) is 58.6 Å². The fourth-order valence-corrected chi connectivity index (χ4v) is 2.16. The highest BCUT2D eigenvalue weighted by atomic mass is 19.1. The normalized spacial score (nSPS) is 13.9. The van der Waals surface area contributed by atoms with Crippen LogP contribution in [0, 0.1) is 11.7 Å². The van der Waals surface area contributed by atoms with Gasteiger partial charge in [0.2, 0.25) is 0 Å². The van der Waals surface area contributed by atoms with Crippen LogP contribution in [0.1, 0.15) is 31.9 Å². The Morgan fingerprint density at radius 3 is 2.68 bits per heavy atom. The summed E-state index contributed by atoms with van der Waals surface area (Å²) in [7, 11) is 1.73. The summed E-state index contributed by atoms with van der Waals surface area (Å²) in [4.78, 5) is 10.7. The molecule has 1 aromatic carbocycles. The summed E-state index contributed by atoms with van der Waals surface area (Å²) in [5.74, 6) is -1.21. The minimum Gasteiger partial charge on any atom is -0.491 e. The Morgan fingerprint density at radius 1 is 1.53 bits per heavy atom. The van der Waals surface area contributed by atoms with Crippen LogP contribution in [0.3, 0.4) is 0 Å². The van der Waals surface area contributed by atoms with Gasteiger partial charge in [-0.3, -0.25) is 4.79 Å². The summed E-state index contributed by atoms with van der Waals surface area (Å²) in [6, 6.07) is 4.52. The Kier molecular flexibility index (Phi) is 5.76. The molecule has 2 unspecified atom stereocenters. The monoisotopic (exact) mass is 269 g/mol. The number of hydrogen-bond acceptors (Lipinski definition) is 3. The molecule has 0 fully saturated rings. The van der Waals surface area contributed by atoms with Crippen LogP contribution < -0.4 is 10.1 Å². The molecule has 4 nitrogen and oxygen atoms in total. The number of halogens is 1. The summed E-state index contributed by atoms with van der Waals surface area (Å²) in [5.41, 5.74) is 0.720. The highest BCUT2D eigenvalue weighted by molar-refractivity contribution is 5.67. The van der Waals surface area contributed by atoms with E-state index < -0.39 is 11.8 Å². The minimum atomic E-state index is -0.862. The fraction of sp³-hybridized carbons (Fsp3) is 0.500. The first-order chi connectivity index (χ1) is 8.99. The van der Waals surface area contributed by atoms with Crippen molar-refractivity contribution in [3.8, 4) is 5.75 Å². The van der Waals surface area contributed by atoms with Crippen LogP contribution in [0.25, 0.3) is 0 Å². The molecule has 0 saturated carbocycles. The molecule has 0 aromatic heterocycles. The van der Waals surface area contributed by atoms with E-state index in [1.54, 1.807) is 26.1 Å². The lowest BCUT2D eigenvalue weighted by Crippen LogP contribution is -2.25. The number of nitrogens with one attached hydrogen (secondary N) is 1. The third-order valence-corrected chi connectivity index (χ3v) is 2.99. The number of carbonyl (C=O) groups is 1. The summed E-state index contributed by atoms with van der Waals surface area (Å²) < 4.78 is 18.9. The van der Waals surface area contributed by atoms with Gasteiger partial charge in [0, 0.05) is 12.5 Å². The van der Waals surface area contributed by atoms with Gasteiger partial charge >= 0.3 is 5.97 Å². The van der Waals surface area contributed by atoms with Gasteiger partial charge < -0.3 is 15.2 Å². The number of carboxylic acid groups (broad SMARTS) is 1. The molecule has 0 spiro atoms. The molecule has 5 heteroatoms. The molecule has 1 aromatic rings. The third kappa shape index (κ3) is 4.21. The van der Waals surface area contributed by atoms with E-state index in [0.29, 0.717) is 6.61 Å². The lowest BCUT2D eigenvalue weighted by Gasteiger charge is -2.23. The Labute approximate surface area is 112 Å². The Morgan fingerprint density at radius 2 is 2.21 bits per heavy atom. The van der Waals surface area contributed by atoms with Gasteiger partial charge in [0.15, 0.2) is 11.6 Å². The van der Waals surface area contributed by atoms with Crippen LogP contribution in [0.5, 0.6) is 5.75 Å². The summed E-state index contributed by atoms with van der Waals surface area (Å²) >= 11 is 0. The molecule has 0 saturated heterocycles. The van der Waals surface area contributed by atoms with E-state index in [4.69, 9.17) is 9.84 Å². The lowest BCUT2D eigenvalue weighted by molar-refractivity contribution is -0.138. The van der Waals surface area contributed by atoms with E-state index in [2.05, 4.69) is 5.32 Å². The molecule has 2 atom stereocenters. The Bertz CT molecular complexity index is 437. The summed E-state index contributed by atoms with van der Waals surface area (Å²) in [5, 5.41) is 11.9. The van der Waals surface area contributed by atoms with Crippen molar-refractivity contribution in [3.05, 3.63) is 29.6 Å². The number of rotatable bonds is 7. The minimum absolute atomic E-state index is 0.0281. The summed E-state index contributed by atoms with van der Waals surface area (Å²) in [6.45, 7) is 4.02. The van der Waals surface area contributed by atoms with Gasteiger partial charge in [-0.05, 0) is 37.6 Å². The summed E-state index contributed by atoms with van der Waals surface area (Å²) in [6.07, 6.45) is 0.0281. The SMILES string of the molecule is CCOc1ccc(C(NC)C(C)CC(=O)O)cc1F. The average molecular weight is 269 g/mol. The van der Waals surface area contributed by atoms with Crippen molar-refractivity contribution in [2.45, 2.75) is 26.3 Å². The van der Waals surface area contributed by atoms with Crippen LogP contribution in [-0.4, -0.2) is 24.7 Å². The number of aliphatic carboxylic acids is 1. The van der Waals surface area contributed by atoms with E-state index in [9.17, 15) is 9.18 Å². The maximum atomic E-state index is 13.8. The van der Waals surface area contributed by atoms with Gasteiger partial charge in [0.05, 0.1) is 6.61 Å². The highest BCUT2D eigenvalue weighted by Gasteiger charge is 2.21. The smallest absolute Gasteiger partial charge is 0.303 e. The predicted molar refractivity (Wildman–Crippen MR) is 70.8 cm³/mol.